The molecule has 3 N–H and O–H groups in total. The van der Waals surface area contributed by atoms with E-state index in [0.717, 1.165) is 27.0 Å². The van der Waals surface area contributed by atoms with Crippen LogP contribution in [0.5, 0.6) is 0 Å². The van der Waals surface area contributed by atoms with Crippen LogP contribution >= 0.6 is 23.6 Å². The van der Waals surface area contributed by atoms with Crippen LogP contribution in [0.25, 0.3) is 10.1 Å². The topological polar surface area (TPSA) is 70.2 Å². The number of rotatable bonds is 8. The number of amides is 1. The number of ketones is 1. The Hall–Kier alpha value is -3.55. The van der Waals surface area contributed by atoms with Crippen molar-refractivity contribution in [2.75, 3.05) is 17.2 Å². The lowest BCUT2D eigenvalue weighted by Gasteiger charge is -2.12. The second-order valence-electron chi connectivity index (χ2n) is 8.54. The molecule has 0 saturated carbocycles. The molecule has 35 heavy (non-hydrogen) atoms. The molecule has 0 unspecified atom stereocenters. The van der Waals surface area contributed by atoms with Crippen molar-refractivity contribution in [3.63, 3.8) is 0 Å². The largest absolute Gasteiger partial charge is 0.349 e. The minimum Gasteiger partial charge on any atom is -0.349 e. The molecular weight excluding hydrogens is 474 g/mol. The fourth-order valence-corrected chi connectivity index (χ4v) is 4.84. The Bertz CT molecular complexity index is 1310. The molecule has 0 saturated heterocycles. The second kappa shape index (κ2) is 11.3. The summed E-state index contributed by atoms with van der Waals surface area (Å²) in [6.07, 6.45) is 0.622. The van der Waals surface area contributed by atoms with E-state index < -0.39 is 11.7 Å². The molecule has 3 aromatic carbocycles. The number of Topliss-reactive ketones (excluding diaryl/α,β-unsaturated/α-hetero) is 1. The van der Waals surface area contributed by atoms with Gasteiger partial charge in [-0.15, -0.1) is 11.3 Å². The Kier molecular flexibility index (Phi) is 7.90. The number of benzene rings is 3. The standard InChI is InChI=1S/C28H27N3O2S2/c1-18(2)20-9-13-23(14-10-20)31-28(34)30-22-11-7-19(8-12-22)15-16-29-27(33)26(32)25-17-21-5-3-4-6-24(21)35-25/h3-14,17-18H,15-16H2,1-2H3,(H,29,33)(H2,30,31,34). The second-order valence-corrected chi connectivity index (χ2v) is 10.0. The summed E-state index contributed by atoms with van der Waals surface area (Å²) in [6.45, 7) is 4.71. The molecule has 4 rings (SSSR count). The van der Waals surface area contributed by atoms with Crippen LogP contribution in [0, 0.1) is 0 Å². The minimum atomic E-state index is -0.576. The highest BCUT2D eigenvalue weighted by molar-refractivity contribution is 7.80. The monoisotopic (exact) mass is 501 g/mol. The number of thiophene rings is 1. The van der Waals surface area contributed by atoms with Gasteiger partial charge in [0.05, 0.1) is 4.88 Å². The smallest absolute Gasteiger partial charge is 0.293 e. The van der Waals surface area contributed by atoms with E-state index in [9.17, 15) is 9.59 Å². The number of fused-ring (bicyclic) bond motifs is 1. The molecule has 5 nitrogen and oxygen atoms in total. The highest BCUT2D eigenvalue weighted by atomic mass is 32.1. The van der Waals surface area contributed by atoms with Crippen molar-refractivity contribution in [2.24, 2.45) is 0 Å². The summed E-state index contributed by atoms with van der Waals surface area (Å²) in [6, 6.07) is 25.6. The summed E-state index contributed by atoms with van der Waals surface area (Å²) in [5.74, 6) is -0.582. The first-order valence-electron chi connectivity index (χ1n) is 11.5. The molecule has 1 heterocycles. The maximum Gasteiger partial charge on any atom is 0.293 e. The van der Waals surface area contributed by atoms with Crippen molar-refractivity contribution in [3.05, 3.63) is 94.9 Å². The van der Waals surface area contributed by atoms with E-state index in [-0.39, 0.29) is 0 Å². The van der Waals surface area contributed by atoms with Crippen LogP contribution in [0.15, 0.2) is 78.9 Å². The van der Waals surface area contributed by atoms with Gasteiger partial charge in [-0.3, -0.25) is 9.59 Å². The van der Waals surface area contributed by atoms with Gasteiger partial charge in [0, 0.05) is 22.6 Å². The van der Waals surface area contributed by atoms with Gasteiger partial charge in [0.25, 0.3) is 11.7 Å². The summed E-state index contributed by atoms with van der Waals surface area (Å²) in [5, 5.41) is 10.6. The molecule has 0 bridgehead atoms. The number of nitrogens with one attached hydrogen (secondary N) is 3. The molecule has 0 aliphatic heterocycles. The number of hydrogen-bond donors (Lipinski definition) is 3. The summed E-state index contributed by atoms with van der Waals surface area (Å²) in [5.41, 5.74) is 4.14. The molecule has 0 radical (unpaired) electrons. The highest BCUT2D eigenvalue weighted by Crippen LogP contribution is 2.25. The van der Waals surface area contributed by atoms with E-state index >= 15 is 0 Å². The van der Waals surface area contributed by atoms with Crippen LogP contribution in [-0.2, 0) is 11.2 Å². The Morgan fingerprint density at radius 2 is 1.51 bits per heavy atom. The van der Waals surface area contributed by atoms with Crippen LogP contribution in [0.4, 0.5) is 11.4 Å². The predicted octanol–water partition coefficient (Wildman–Crippen LogP) is 6.38. The quantitative estimate of drug-likeness (QED) is 0.149. The summed E-state index contributed by atoms with van der Waals surface area (Å²) in [4.78, 5) is 25.2. The zero-order valence-corrected chi connectivity index (χ0v) is 21.3. The Morgan fingerprint density at radius 3 is 2.14 bits per heavy atom. The van der Waals surface area contributed by atoms with Crippen LogP contribution in [-0.4, -0.2) is 23.3 Å². The lowest BCUT2D eigenvalue weighted by molar-refractivity contribution is -0.116. The molecular formula is C28H27N3O2S2. The fourth-order valence-electron chi connectivity index (χ4n) is 3.61. The number of carbonyl (C=O) groups excluding carboxylic acids is 2. The van der Waals surface area contributed by atoms with Gasteiger partial charge in [-0.25, -0.2) is 0 Å². The van der Waals surface area contributed by atoms with E-state index in [2.05, 4.69) is 41.9 Å². The maximum absolute atomic E-state index is 12.5. The third kappa shape index (κ3) is 6.53. The lowest BCUT2D eigenvalue weighted by Crippen LogP contribution is -2.32. The zero-order chi connectivity index (χ0) is 24.8. The summed E-state index contributed by atoms with van der Waals surface area (Å²) >= 11 is 6.76. The summed E-state index contributed by atoms with van der Waals surface area (Å²) in [7, 11) is 0. The molecule has 1 amide bonds. The third-order valence-electron chi connectivity index (χ3n) is 5.60. The minimum absolute atomic E-state index is 0.384. The van der Waals surface area contributed by atoms with Gasteiger partial charge in [-0.2, -0.15) is 0 Å². The van der Waals surface area contributed by atoms with E-state index in [4.69, 9.17) is 12.2 Å². The van der Waals surface area contributed by atoms with Crippen molar-refractivity contribution in [3.8, 4) is 0 Å². The van der Waals surface area contributed by atoms with Gasteiger partial charge >= 0.3 is 0 Å². The fraction of sp³-hybridized carbons (Fsp3) is 0.179. The van der Waals surface area contributed by atoms with Gasteiger partial charge in [-0.1, -0.05) is 56.3 Å². The van der Waals surface area contributed by atoms with Crippen molar-refractivity contribution < 1.29 is 9.59 Å². The lowest BCUT2D eigenvalue weighted by atomic mass is 10.0. The van der Waals surface area contributed by atoms with Crippen molar-refractivity contribution >= 4 is 61.8 Å². The Labute approximate surface area is 214 Å². The van der Waals surface area contributed by atoms with Crippen LogP contribution in [0.1, 0.15) is 40.6 Å². The van der Waals surface area contributed by atoms with Crippen LogP contribution in [0.3, 0.4) is 0 Å². The van der Waals surface area contributed by atoms with Crippen LogP contribution < -0.4 is 16.0 Å². The van der Waals surface area contributed by atoms with Gasteiger partial charge in [0.1, 0.15) is 0 Å². The van der Waals surface area contributed by atoms with Crippen LogP contribution in [0.2, 0.25) is 0 Å². The first-order valence-corrected chi connectivity index (χ1v) is 12.7. The predicted molar refractivity (Wildman–Crippen MR) is 150 cm³/mol. The molecule has 0 spiro atoms. The molecule has 0 aliphatic carbocycles. The highest BCUT2D eigenvalue weighted by Gasteiger charge is 2.18. The third-order valence-corrected chi connectivity index (χ3v) is 6.92. The molecule has 0 atom stereocenters. The molecule has 0 aliphatic rings. The molecule has 0 fully saturated rings. The molecule has 1 aromatic heterocycles. The Morgan fingerprint density at radius 1 is 0.886 bits per heavy atom. The number of carbonyl (C=O) groups is 2. The normalized spacial score (nSPS) is 10.8. The molecule has 4 aromatic rings. The Balaban J connectivity index is 1.23. The van der Waals surface area contributed by atoms with Crippen molar-refractivity contribution in [1.82, 2.24) is 5.32 Å². The van der Waals surface area contributed by atoms with E-state index in [1.54, 1.807) is 6.07 Å². The van der Waals surface area contributed by atoms with Gasteiger partial charge in [0.2, 0.25) is 0 Å². The maximum atomic E-state index is 12.5. The number of anilines is 2. The van der Waals surface area contributed by atoms with Gasteiger partial charge < -0.3 is 16.0 Å². The van der Waals surface area contributed by atoms with E-state index in [0.29, 0.717) is 28.9 Å². The van der Waals surface area contributed by atoms with E-state index in [1.807, 2.05) is 60.7 Å². The first kappa shape index (κ1) is 24.6. The van der Waals surface area contributed by atoms with Crippen molar-refractivity contribution in [1.29, 1.82) is 0 Å². The molecule has 7 heteroatoms. The molecule has 178 valence electrons. The van der Waals surface area contributed by atoms with E-state index in [1.165, 1.54) is 16.9 Å². The average Bonchev–Trinajstić information content (AvgIpc) is 3.29. The SMILES string of the molecule is CC(C)c1ccc(NC(=S)Nc2ccc(CCNC(=O)C(=O)c3cc4ccccc4s3)cc2)cc1. The summed E-state index contributed by atoms with van der Waals surface area (Å²) < 4.78 is 0.996. The van der Waals surface area contributed by atoms with Gasteiger partial charge in [0.15, 0.2) is 5.11 Å². The van der Waals surface area contributed by atoms with Gasteiger partial charge in [-0.05, 0) is 77.5 Å². The number of hydrogen-bond acceptors (Lipinski definition) is 4. The van der Waals surface area contributed by atoms with Crippen molar-refractivity contribution in [2.45, 2.75) is 26.2 Å². The first-order chi connectivity index (χ1) is 16.9. The number of thiocarbonyl (C=S) groups is 1. The zero-order valence-electron chi connectivity index (χ0n) is 19.6. The average molecular weight is 502 g/mol.